The van der Waals surface area contributed by atoms with Gasteiger partial charge < -0.3 is 25.8 Å². The lowest BCUT2D eigenvalue weighted by Gasteiger charge is -2.34. The number of primary amides is 1. The number of aromatic nitrogens is 1. The van der Waals surface area contributed by atoms with Gasteiger partial charge in [-0.2, -0.15) is 10.5 Å². The van der Waals surface area contributed by atoms with Gasteiger partial charge in [0.05, 0.1) is 23.8 Å². The smallest absolute Gasteiger partial charge is 0.323 e. The SMILES string of the molecule is C=C/C(=C\C)C(Sc1nc(N2CCC(OCCOC(=O)C(N)C(C)C)CC2)c(C#N)c(CC)c1C#N)C(N)=O. The first kappa shape index (κ1) is 31.8. The molecule has 0 aliphatic carbocycles. The molecule has 1 amide bonds. The minimum absolute atomic E-state index is 0.00199. The molecule has 1 saturated heterocycles. The number of hydrogen-bond donors (Lipinski definition) is 2. The number of esters is 1. The van der Waals surface area contributed by atoms with Crippen LogP contribution in [-0.2, 0) is 25.5 Å². The summed E-state index contributed by atoms with van der Waals surface area (Å²) in [6.45, 7) is 12.7. The third-order valence-electron chi connectivity index (χ3n) is 6.60. The average molecular weight is 555 g/mol. The van der Waals surface area contributed by atoms with Crippen LogP contribution >= 0.6 is 11.8 Å². The van der Waals surface area contributed by atoms with E-state index in [1.165, 1.54) is 0 Å². The number of hydrogen-bond acceptors (Lipinski definition) is 10. The molecule has 0 aromatic carbocycles. The zero-order valence-corrected chi connectivity index (χ0v) is 23.9. The van der Waals surface area contributed by atoms with Gasteiger partial charge in [0.2, 0.25) is 5.91 Å². The fraction of sp³-hybridized carbons (Fsp3) is 0.536. The lowest BCUT2D eigenvalue weighted by Crippen LogP contribution is -2.39. The van der Waals surface area contributed by atoms with Crippen molar-refractivity contribution in [3.8, 4) is 12.1 Å². The molecule has 11 heteroatoms. The van der Waals surface area contributed by atoms with Crippen LogP contribution in [0.15, 0.2) is 29.3 Å². The number of rotatable bonds is 13. The van der Waals surface area contributed by atoms with Gasteiger partial charge in [-0.25, -0.2) is 4.98 Å². The van der Waals surface area contributed by atoms with Crippen molar-refractivity contribution in [3.05, 3.63) is 41.0 Å². The first-order valence-corrected chi connectivity index (χ1v) is 13.9. The standard InChI is InChI=1S/C28H38N6O4S/c1-6-18(7-2)24(25(32)35)39-27-22(16-30)20(8-3)21(15-29)26(33-27)34-11-9-19(10-12-34)37-13-14-38-28(36)23(31)17(4)5/h6-7,17,19,23-24H,1,8-14,31H2,2-5H3,(H2,32,35)/b18-7+. The monoisotopic (exact) mass is 554 g/mol. The zero-order chi connectivity index (χ0) is 29.1. The first-order valence-electron chi connectivity index (χ1n) is 13.0. The number of allylic oxidation sites excluding steroid dienone is 2. The van der Waals surface area contributed by atoms with E-state index in [-0.39, 0.29) is 30.8 Å². The summed E-state index contributed by atoms with van der Waals surface area (Å²) in [5.41, 5.74) is 13.3. The fourth-order valence-corrected chi connectivity index (χ4v) is 5.37. The van der Waals surface area contributed by atoms with E-state index >= 15 is 0 Å². The maximum absolute atomic E-state index is 12.3. The van der Waals surface area contributed by atoms with E-state index in [1.807, 2.05) is 25.7 Å². The molecule has 2 unspecified atom stereocenters. The Morgan fingerprint density at radius 2 is 1.87 bits per heavy atom. The summed E-state index contributed by atoms with van der Waals surface area (Å²) >= 11 is 1.09. The molecule has 0 saturated carbocycles. The highest BCUT2D eigenvalue weighted by molar-refractivity contribution is 8.00. The van der Waals surface area contributed by atoms with Crippen molar-refractivity contribution < 1.29 is 19.1 Å². The van der Waals surface area contributed by atoms with Crippen molar-refractivity contribution in [2.75, 3.05) is 31.2 Å². The second-order valence-electron chi connectivity index (χ2n) is 9.43. The number of nitriles is 2. The minimum atomic E-state index is -0.777. The second kappa shape index (κ2) is 15.3. The van der Waals surface area contributed by atoms with Crippen LogP contribution in [0.25, 0.3) is 0 Å². The number of piperidine rings is 1. The molecule has 2 atom stereocenters. The lowest BCUT2D eigenvalue weighted by atomic mass is 10.0. The number of carbonyl (C=O) groups excluding carboxylic acids is 2. The number of amides is 1. The molecule has 2 rings (SSSR count). The molecule has 1 aliphatic rings. The zero-order valence-electron chi connectivity index (χ0n) is 23.1. The first-order chi connectivity index (χ1) is 18.6. The topological polar surface area (TPSA) is 168 Å². The second-order valence-corrected chi connectivity index (χ2v) is 10.5. The molecule has 10 nitrogen and oxygen atoms in total. The molecule has 4 N–H and O–H groups in total. The van der Waals surface area contributed by atoms with Crippen molar-refractivity contribution in [1.29, 1.82) is 10.5 Å². The molecule has 39 heavy (non-hydrogen) atoms. The number of pyridine rings is 1. The van der Waals surface area contributed by atoms with E-state index in [1.54, 1.807) is 19.1 Å². The molecular weight excluding hydrogens is 516 g/mol. The minimum Gasteiger partial charge on any atom is -0.462 e. The van der Waals surface area contributed by atoms with Gasteiger partial charge in [0, 0.05) is 13.1 Å². The molecule has 0 radical (unpaired) electrons. The quantitative estimate of drug-likeness (QED) is 0.160. The molecule has 0 bridgehead atoms. The molecule has 2 heterocycles. The predicted octanol–water partition coefficient (Wildman–Crippen LogP) is 2.98. The Kier molecular flexibility index (Phi) is 12.5. The van der Waals surface area contributed by atoms with Gasteiger partial charge in [-0.1, -0.05) is 51.3 Å². The normalized spacial score (nSPS) is 15.8. The highest BCUT2D eigenvalue weighted by Crippen LogP contribution is 2.36. The number of anilines is 1. The van der Waals surface area contributed by atoms with E-state index in [4.69, 9.17) is 25.9 Å². The maximum atomic E-state index is 12.3. The van der Waals surface area contributed by atoms with Crippen molar-refractivity contribution in [2.45, 2.75) is 69.4 Å². The number of carbonyl (C=O) groups is 2. The van der Waals surface area contributed by atoms with Gasteiger partial charge in [-0.3, -0.25) is 9.59 Å². The van der Waals surface area contributed by atoms with Crippen LogP contribution in [0.3, 0.4) is 0 Å². The summed E-state index contributed by atoms with van der Waals surface area (Å²) in [4.78, 5) is 30.9. The number of nitrogens with zero attached hydrogens (tertiary/aromatic N) is 4. The summed E-state index contributed by atoms with van der Waals surface area (Å²) in [6, 6.07) is 3.77. The van der Waals surface area contributed by atoms with E-state index < -0.39 is 23.2 Å². The summed E-state index contributed by atoms with van der Waals surface area (Å²) in [5.74, 6) is -0.530. The van der Waals surface area contributed by atoms with Gasteiger partial charge >= 0.3 is 5.97 Å². The number of ether oxygens (including phenoxy) is 2. The Hall–Kier alpha value is -3.38. The third-order valence-corrected chi connectivity index (χ3v) is 7.86. The van der Waals surface area contributed by atoms with Gasteiger partial charge in [0.25, 0.3) is 0 Å². The molecular formula is C28H38N6O4S. The van der Waals surface area contributed by atoms with Gasteiger partial charge in [0.15, 0.2) is 0 Å². The molecule has 1 aliphatic heterocycles. The Bertz CT molecular complexity index is 1160. The van der Waals surface area contributed by atoms with Crippen molar-refractivity contribution >= 4 is 29.5 Å². The van der Waals surface area contributed by atoms with Crippen LogP contribution in [0.2, 0.25) is 0 Å². The van der Waals surface area contributed by atoms with Crippen molar-refractivity contribution in [3.63, 3.8) is 0 Å². The largest absolute Gasteiger partial charge is 0.462 e. The van der Waals surface area contributed by atoms with E-state index in [0.29, 0.717) is 59.9 Å². The van der Waals surface area contributed by atoms with Crippen LogP contribution in [-0.4, -0.2) is 60.6 Å². The van der Waals surface area contributed by atoms with Crippen molar-refractivity contribution in [1.82, 2.24) is 4.98 Å². The Morgan fingerprint density at radius 1 is 1.23 bits per heavy atom. The summed E-state index contributed by atoms with van der Waals surface area (Å²) in [5, 5.41) is 19.5. The van der Waals surface area contributed by atoms with Crippen LogP contribution in [0, 0.1) is 28.6 Å². The summed E-state index contributed by atoms with van der Waals surface area (Å²) in [7, 11) is 0. The highest BCUT2D eigenvalue weighted by Gasteiger charge is 2.29. The number of nitrogens with two attached hydrogens (primary N) is 2. The average Bonchev–Trinajstić information content (AvgIpc) is 2.93. The predicted molar refractivity (Wildman–Crippen MR) is 151 cm³/mol. The Labute approximate surface area is 235 Å². The fourth-order valence-electron chi connectivity index (χ4n) is 4.24. The Balaban J connectivity index is 2.20. The van der Waals surface area contributed by atoms with Crippen molar-refractivity contribution in [2.24, 2.45) is 17.4 Å². The molecule has 1 aromatic heterocycles. The summed E-state index contributed by atoms with van der Waals surface area (Å²) < 4.78 is 11.1. The number of thioether (sulfide) groups is 1. The van der Waals surface area contributed by atoms with E-state index in [0.717, 1.165) is 11.8 Å². The van der Waals surface area contributed by atoms with Gasteiger partial charge in [-0.05, 0) is 43.2 Å². The van der Waals surface area contributed by atoms with Crippen LogP contribution in [0.4, 0.5) is 5.82 Å². The van der Waals surface area contributed by atoms with E-state index in [9.17, 15) is 20.1 Å². The van der Waals surface area contributed by atoms with Gasteiger partial charge in [0.1, 0.15) is 40.9 Å². The van der Waals surface area contributed by atoms with Crippen LogP contribution < -0.4 is 16.4 Å². The van der Waals surface area contributed by atoms with Crippen LogP contribution in [0.1, 0.15) is 57.2 Å². The maximum Gasteiger partial charge on any atom is 0.323 e. The lowest BCUT2D eigenvalue weighted by molar-refractivity contribution is -0.148. The summed E-state index contributed by atoms with van der Waals surface area (Å²) in [6.07, 6.45) is 5.08. The molecule has 1 fully saturated rings. The van der Waals surface area contributed by atoms with Gasteiger partial charge in [-0.15, -0.1) is 0 Å². The molecule has 1 aromatic rings. The van der Waals surface area contributed by atoms with Crippen LogP contribution in [0.5, 0.6) is 0 Å². The molecule has 210 valence electrons. The Morgan fingerprint density at radius 3 is 2.36 bits per heavy atom. The third kappa shape index (κ3) is 8.06. The van der Waals surface area contributed by atoms with E-state index in [2.05, 4.69) is 18.7 Å². The molecule has 0 spiro atoms. The highest BCUT2D eigenvalue weighted by atomic mass is 32.2.